The second kappa shape index (κ2) is 9.15. The molecule has 1 amide bonds. The van der Waals surface area contributed by atoms with Gasteiger partial charge in [0.2, 0.25) is 0 Å². The highest BCUT2D eigenvalue weighted by molar-refractivity contribution is 6.25. The molecule has 12 nitrogen and oxygen atoms in total. The van der Waals surface area contributed by atoms with Crippen molar-refractivity contribution < 1.29 is 29.7 Å². The Balaban J connectivity index is 1.82. The Morgan fingerprint density at radius 2 is 1.64 bits per heavy atom. The van der Waals surface area contributed by atoms with E-state index in [-0.39, 0.29) is 17.7 Å². The lowest BCUT2D eigenvalue weighted by molar-refractivity contribution is -0.139. The maximum atomic E-state index is 14.4. The molecule has 0 bridgehead atoms. The zero-order valence-electron chi connectivity index (χ0n) is 23.6. The van der Waals surface area contributed by atoms with Gasteiger partial charge in [0.05, 0.1) is 34.3 Å². The second-order valence-electron chi connectivity index (χ2n) is 11.7. The van der Waals surface area contributed by atoms with Crippen LogP contribution < -0.4 is 22.1 Å². The van der Waals surface area contributed by atoms with E-state index in [9.17, 15) is 35.0 Å². The molecule has 3 aliphatic rings. The van der Waals surface area contributed by atoms with Gasteiger partial charge >= 0.3 is 0 Å². The largest absolute Gasteiger partial charge is 0.509 e. The zero-order valence-corrected chi connectivity index (χ0v) is 23.6. The summed E-state index contributed by atoms with van der Waals surface area (Å²) in [6.07, 6.45) is -0.550. The molecule has 0 spiro atoms. The lowest BCUT2D eigenvalue weighted by atomic mass is 9.47. The Morgan fingerprint density at radius 1 is 1.02 bits per heavy atom. The van der Waals surface area contributed by atoms with Crippen molar-refractivity contribution in [3.63, 3.8) is 0 Å². The summed E-state index contributed by atoms with van der Waals surface area (Å²) in [5, 5.41) is 44.3. The number of benzene rings is 2. The predicted octanol–water partition coefficient (Wildman–Crippen LogP) is 0.638. The molecular formula is C30H32N6O6. The van der Waals surface area contributed by atoms with Gasteiger partial charge in [-0.05, 0) is 61.8 Å². The van der Waals surface area contributed by atoms with Crippen molar-refractivity contribution in [3.05, 3.63) is 64.4 Å². The van der Waals surface area contributed by atoms with Crippen LogP contribution in [0.25, 0.3) is 16.9 Å². The quantitative estimate of drug-likeness (QED) is 0.279. The molecule has 0 radical (unpaired) electrons. The molecule has 0 unspecified atom stereocenters. The summed E-state index contributed by atoms with van der Waals surface area (Å²) < 4.78 is 0. The minimum Gasteiger partial charge on any atom is -0.509 e. The third-order valence-electron chi connectivity index (χ3n) is 8.83. The van der Waals surface area contributed by atoms with Crippen LogP contribution in [0, 0.1) is 16.7 Å². The Bertz CT molecular complexity index is 1690. The molecule has 5 rings (SSSR count). The first kappa shape index (κ1) is 28.8. The predicted molar refractivity (Wildman–Crippen MR) is 154 cm³/mol. The normalized spacial score (nSPS) is 28.7. The first-order valence-electron chi connectivity index (χ1n) is 13.1. The summed E-state index contributed by atoms with van der Waals surface area (Å²) in [7, 11) is 6.75. The smallest absolute Gasteiger partial charge is 0.255 e. The number of nitriles is 1. The minimum absolute atomic E-state index is 0.0548. The van der Waals surface area contributed by atoms with Gasteiger partial charge in [0.25, 0.3) is 5.91 Å². The number of aliphatic hydroxyl groups excluding tert-OH is 2. The van der Waals surface area contributed by atoms with Crippen LogP contribution in [-0.4, -0.2) is 83.0 Å². The van der Waals surface area contributed by atoms with Gasteiger partial charge in [-0.25, -0.2) is 0 Å². The first-order chi connectivity index (χ1) is 19.6. The number of phenols is 1. The number of ketones is 2. The summed E-state index contributed by atoms with van der Waals surface area (Å²) in [5.74, 6) is -5.68. The number of carbonyl (C=O) groups excluding carboxylic acids is 3. The van der Waals surface area contributed by atoms with Crippen molar-refractivity contribution in [2.75, 3.05) is 33.1 Å². The summed E-state index contributed by atoms with van der Waals surface area (Å²) in [5.41, 5.74) is 14.0. The molecule has 1 fully saturated rings. The number of nitrogens with two attached hydrogens (primary N) is 3. The monoisotopic (exact) mass is 572 g/mol. The van der Waals surface area contributed by atoms with Gasteiger partial charge in [-0.15, -0.1) is 0 Å². The van der Waals surface area contributed by atoms with E-state index in [1.165, 1.54) is 25.1 Å². The van der Waals surface area contributed by atoms with E-state index in [0.29, 0.717) is 11.1 Å². The van der Waals surface area contributed by atoms with E-state index >= 15 is 0 Å². The van der Waals surface area contributed by atoms with Crippen LogP contribution in [0.2, 0.25) is 0 Å². The third kappa shape index (κ3) is 3.48. The van der Waals surface area contributed by atoms with E-state index in [1.54, 1.807) is 12.1 Å². The van der Waals surface area contributed by atoms with Gasteiger partial charge < -0.3 is 37.4 Å². The summed E-state index contributed by atoms with van der Waals surface area (Å²) in [6.45, 7) is 0. The van der Waals surface area contributed by atoms with E-state index in [4.69, 9.17) is 17.2 Å². The van der Waals surface area contributed by atoms with Crippen LogP contribution in [0.15, 0.2) is 53.3 Å². The van der Waals surface area contributed by atoms with Crippen LogP contribution in [0.5, 0.6) is 5.75 Å². The van der Waals surface area contributed by atoms with Gasteiger partial charge in [0, 0.05) is 19.8 Å². The molecule has 12 heteroatoms. The van der Waals surface area contributed by atoms with E-state index in [1.807, 2.05) is 43.3 Å². The van der Waals surface area contributed by atoms with Crippen molar-refractivity contribution in [2.24, 2.45) is 22.6 Å². The van der Waals surface area contributed by atoms with Gasteiger partial charge in [0.15, 0.2) is 17.0 Å². The summed E-state index contributed by atoms with van der Waals surface area (Å²) in [6, 6.07) is 10.9. The number of primary amides is 1. The number of anilines is 1. The van der Waals surface area contributed by atoms with Gasteiger partial charge in [-0.3, -0.25) is 19.3 Å². The van der Waals surface area contributed by atoms with Crippen LogP contribution in [0.1, 0.15) is 17.5 Å². The van der Waals surface area contributed by atoms with Crippen molar-refractivity contribution in [1.82, 2.24) is 4.90 Å². The number of aromatic hydroxyl groups is 1. The molecule has 0 aromatic heterocycles. The number of hydrogen-bond donors (Lipinski definition) is 6. The highest BCUT2D eigenvalue weighted by atomic mass is 16.3. The first-order valence-corrected chi connectivity index (χ1v) is 13.1. The Labute approximate surface area is 241 Å². The number of rotatable bonds is 4. The Hall–Kier alpha value is -4.70. The lowest BCUT2D eigenvalue weighted by Crippen LogP contribution is -2.80. The molecule has 1 saturated carbocycles. The molecule has 42 heavy (non-hydrogen) atoms. The van der Waals surface area contributed by atoms with Crippen molar-refractivity contribution >= 4 is 28.9 Å². The van der Waals surface area contributed by atoms with Crippen LogP contribution >= 0.6 is 0 Å². The zero-order chi connectivity index (χ0) is 31.1. The Kier molecular flexibility index (Phi) is 6.28. The molecule has 9 N–H and O–H groups in total. The Morgan fingerprint density at radius 3 is 2.17 bits per heavy atom. The van der Waals surface area contributed by atoms with Crippen molar-refractivity contribution in [1.29, 1.82) is 5.26 Å². The molecule has 0 aliphatic heterocycles. The van der Waals surface area contributed by atoms with Gasteiger partial charge in [-0.2, -0.15) is 5.26 Å². The summed E-state index contributed by atoms with van der Waals surface area (Å²) >= 11 is 0. The second-order valence-corrected chi connectivity index (χ2v) is 11.7. The maximum Gasteiger partial charge on any atom is 0.255 e. The van der Waals surface area contributed by atoms with Crippen molar-refractivity contribution in [2.45, 2.75) is 30.0 Å². The highest BCUT2D eigenvalue weighted by Gasteiger charge is 2.74. The number of Topliss-reactive ketones (excluding diaryl/α,β-unsaturated/α-hetero) is 2. The molecule has 3 aliphatic carbocycles. The number of likely N-dealkylation sites (N-methyl/N-ethyl adjacent to an activating group) is 1. The average Bonchev–Trinajstić information content (AvgIpc) is 2.87. The van der Waals surface area contributed by atoms with E-state index in [0.717, 1.165) is 11.3 Å². The fourth-order valence-corrected chi connectivity index (χ4v) is 7.04. The lowest BCUT2D eigenvalue weighted by Gasteiger charge is -2.58. The average molecular weight is 573 g/mol. The van der Waals surface area contributed by atoms with E-state index < -0.39 is 69.1 Å². The van der Waals surface area contributed by atoms with Crippen LogP contribution in [-0.2, 0) is 20.8 Å². The molecule has 4 atom stereocenters. The summed E-state index contributed by atoms with van der Waals surface area (Å²) in [4.78, 5) is 43.6. The van der Waals surface area contributed by atoms with Crippen LogP contribution in [0.3, 0.4) is 0 Å². The SMILES string of the molecule is CN(C)c1ccc(-c2ccc(O)c3c2C[C@@]2(N)C[C@@]4(N)[C@H](N(C)C)C(=O)C(C(N)=O)=C(O)[C@@]4(C#N)C(=O)C2=C3O)cc1. The van der Waals surface area contributed by atoms with E-state index in [2.05, 4.69) is 0 Å². The molecule has 218 valence electrons. The fraction of sp³-hybridized carbons (Fsp3) is 0.333. The number of hydrogen-bond acceptors (Lipinski definition) is 11. The number of phenolic OH excluding ortho intramolecular Hbond substituents is 1. The minimum atomic E-state index is -2.70. The number of amides is 1. The number of nitrogens with zero attached hydrogens (tertiary/aromatic N) is 3. The molecule has 2 aromatic rings. The fourth-order valence-electron chi connectivity index (χ4n) is 7.04. The van der Waals surface area contributed by atoms with Gasteiger partial charge in [-0.1, -0.05) is 18.2 Å². The highest BCUT2D eigenvalue weighted by Crippen LogP contribution is 2.58. The third-order valence-corrected chi connectivity index (χ3v) is 8.83. The van der Waals surface area contributed by atoms with Crippen LogP contribution in [0.4, 0.5) is 5.69 Å². The van der Waals surface area contributed by atoms with Crippen molar-refractivity contribution in [3.8, 4) is 22.9 Å². The number of fused-ring (bicyclic) bond motifs is 3. The number of aliphatic hydroxyl groups is 2. The van der Waals surface area contributed by atoms with Gasteiger partial charge in [0.1, 0.15) is 22.8 Å². The maximum absolute atomic E-state index is 14.4. The standard InChI is InChI=1S/C30H32N6O6/c1-35(2)15-7-5-14(6-8-15)16-9-10-18(37)19-17(16)11-28(33)12-30(34)24(36(3)4)23(39)20(27(32)42)25(40)29(30,13-31)26(41)21(28)22(19)38/h5-10,24,37-38,40H,11-12,33-34H2,1-4H3,(H2,32,42)/t24-,28-,29+,30-/m1/s1. The number of carbonyl (C=O) groups is 3. The molecular weight excluding hydrogens is 540 g/mol. The topological polar surface area (TPSA) is 220 Å². The molecule has 2 aromatic carbocycles. The molecule has 0 heterocycles. The molecule has 0 saturated heterocycles.